The highest BCUT2D eigenvalue weighted by molar-refractivity contribution is 7.81. The summed E-state index contributed by atoms with van der Waals surface area (Å²) < 4.78 is 77.0. The van der Waals surface area contributed by atoms with E-state index in [2.05, 4.69) is 25.8 Å². The van der Waals surface area contributed by atoms with Crippen molar-refractivity contribution in [1.29, 1.82) is 5.26 Å². The van der Waals surface area contributed by atoms with Gasteiger partial charge >= 0.3 is 0 Å². The summed E-state index contributed by atoms with van der Waals surface area (Å²) in [7, 11) is 2.72. The van der Waals surface area contributed by atoms with Crippen molar-refractivity contribution in [2.45, 2.75) is 45.6 Å². The van der Waals surface area contributed by atoms with Crippen molar-refractivity contribution in [3.8, 4) is 6.07 Å². The standard InChI is InChI=1S/C20H18FN5O2S.C12H14FN3O/c1-11-8-13(10-24-16(11)22-4)25-18(28)20(2,3)26(19(25)29)12-6-7-14(15(21)9-12)17(27)23-5;1-12(2,7-14)16-8-4-5-9(10(13)6-8)11(17)15-3/h6-10H,1-3,5H3,(H,23,27);4-6,16H,1-3H3,(H,15,17)/i2D3,3D3;. The van der Waals surface area contributed by atoms with E-state index in [0.717, 1.165) is 24.4 Å². The molecule has 3 N–H and O–H groups in total. The molecule has 0 aliphatic carbocycles. The van der Waals surface area contributed by atoms with Gasteiger partial charge in [0.1, 0.15) is 28.9 Å². The minimum absolute atomic E-state index is 0.0205. The number of hydrogen-bond acceptors (Lipinski definition) is 7. The molecule has 2 aromatic carbocycles. The fraction of sp³-hybridized carbons (Fsp3) is 0.281. The number of pyridine rings is 1. The van der Waals surface area contributed by atoms with Gasteiger partial charge < -0.3 is 25.7 Å². The Hall–Kier alpha value is -5.47. The van der Waals surface area contributed by atoms with Gasteiger partial charge in [0.05, 0.1) is 22.9 Å². The summed E-state index contributed by atoms with van der Waals surface area (Å²) in [5.74, 6) is -4.32. The molecule has 0 bridgehead atoms. The number of thiocarbonyl (C=S) groups is 1. The number of aryl methyl sites for hydroxylation is 1. The van der Waals surface area contributed by atoms with Gasteiger partial charge in [-0.2, -0.15) is 5.26 Å². The Morgan fingerprint density at radius 2 is 1.65 bits per heavy atom. The summed E-state index contributed by atoms with van der Waals surface area (Å²) in [6.45, 7) is 5.08. The van der Waals surface area contributed by atoms with Crippen LogP contribution in [0.3, 0.4) is 0 Å². The SMILES string of the molecule is CNC(=O)c1ccc(NC(C)(C)C#N)cc1F.[2H]C([2H])([2H])C1(C([2H])([2H])[2H])C(=O)N(c2cnc([N+]#[C-])c(C)c2)C(=S)N1c1ccc(C(=O)NC)c(F)c1. The Labute approximate surface area is 279 Å². The zero-order valence-electron chi connectivity index (χ0n) is 31.2. The molecule has 3 amide bonds. The van der Waals surface area contributed by atoms with Crippen molar-refractivity contribution in [3.63, 3.8) is 0 Å². The number of anilines is 3. The first-order chi connectivity index (χ1) is 24.0. The van der Waals surface area contributed by atoms with Crippen LogP contribution in [0.25, 0.3) is 4.85 Å². The largest absolute Gasteiger partial charge is 0.368 e. The molecular weight excluding hydrogens is 614 g/mol. The van der Waals surface area contributed by atoms with E-state index in [1.165, 1.54) is 39.2 Å². The summed E-state index contributed by atoms with van der Waals surface area (Å²) in [5, 5.41) is 15.7. The lowest BCUT2D eigenvalue weighted by molar-refractivity contribution is -0.120. The molecule has 3 aromatic rings. The molecule has 238 valence electrons. The predicted octanol–water partition coefficient (Wildman–Crippen LogP) is 5.26. The van der Waals surface area contributed by atoms with Crippen molar-refractivity contribution < 1.29 is 31.4 Å². The van der Waals surface area contributed by atoms with Crippen LogP contribution in [0, 0.1) is 36.5 Å². The molecule has 4 rings (SSSR count). The van der Waals surface area contributed by atoms with E-state index in [9.17, 15) is 23.2 Å². The Bertz CT molecular complexity index is 2010. The second kappa shape index (κ2) is 13.7. The van der Waals surface area contributed by atoms with Gasteiger partial charge in [0, 0.05) is 33.7 Å². The summed E-state index contributed by atoms with van der Waals surface area (Å²) in [4.78, 5) is 45.3. The van der Waals surface area contributed by atoms with Crippen LogP contribution in [0.1, 0.15) is 62.1 Å². The lowest BCUT2D eigenvalue weighted by atomic mass is 10.0. The van der Waals surface area contributed by atoms with E-state index < -0.39 is 59.3 Å². The van der Waals surface area contributed by atoms with Crippen LogP contribution in [0.4, 0.5) is 31.7 Å². The molecule has 0 unspecified atom stereocenters. The first kappa shape index (κ1) is 26.9. The normalized spacial score (nSPS) is 16.1. The van der Waals surface area contributed by atoms with Crippen LogP contribution in [0.5, 0.6) is 0 Å². The monoisotopic (exact) mass is 652 g/mol. The second-order valence-electron chi connectivity index (χ2n) is 10.3. The highest BCUT2D eigenvalue weighted by atomic mass is 32.1. The molecule has 1 aromatic heterocycles. The zero-order valence-corrected chi connectivity index (χ0v) is 26.1. The van der Waals surface area contributed by atoms with Gasteiger partial charge in [-0.3, -0.25) is 19.3 Å². The highest BCUT2D eigenvalue weighted by Gasteiger charge is 2.50. The molecule has 2 heterocycles. The molecule has 1 aliphatic rings. The van der Waals surface area contributed by atoms with Crippen LogP contribution >= 0.6 is 12.2 Å². The summed E-state index contributed by atoms with van der Waals surface area (Å²) >= 11 is 5.39. The van der Waals surface area contributed by atoms with Crippen molar-refractivity contribution >= 4 is 57.9 Å². The lowest BCUT2D eigenvalue weighted by Gasteiger charge is -2.29. The molecule has 0 saturated carbocycles. The number of nitrogens with one attached hydrogen (secondary N) is 3. The van der Waals surface area contributed by atoms with Crippen LogP contribution in [0.2, 0.25) is 0 Å². The fourth-order valence-electron chi connectivity index (χ4n) is 4.17. The third-order valence-electron chi connectivity index (χ3n) is 6.49. The minimum Gasteiger partial charge on any atom is -0.368 e. The van der Waals surface area contributed by atoms with Crippen LogP contribution in [-0.4, -0.2) is 53.0 Å². The number of rotatable bonds is 6. The maximum Gasteiger partial charge on any atom is 0.272 e. The van der Waals surface area contributed by atoms with E-state index in [1.807, 2.05) is 6.07 Å². The number of halogens is 2. The first-order valence-electron chi connectivity index (χ1n) is 16.3. The van der Waals surface area contributed by atoms with Gasteiger partial charge in [0.2, 0.25) is 0 Å². The minimum atomic E-state index is -3.47. The van der Waals surface area contributed by atoms with Crippen LogP contribution < -0.4 is 25.8 Å². The van der Waals surface area contributed by atoms with Crippen LogP contribution in [0.15, 0.2) is 48.7 Å². The Morgan fingerprint density at radius 3 is 2.13 bits per heavy atom. The smallest absolute Gasteiger partial charge is 0.272 e. The third-order valence-corrected chi connectivity index (χ3v) is 6.86. The van der Waals surface area contributed by atoms with Crippen molar-refractivity contribution in [3.05, 3.63) is 88.4 Å². The molecule has 0 atom stereocenters. The molecule has 0 spiro atoms. The van der Waals surface area contributed by atoms with Crippen LogP contribution in [-0.2, 0) is 4.79 Å². The Balaban J connectivity index is 0.000000359. The molecular formula is C32H32F2N8O3S. The molecule has 46 heavy (non-hydrogen) atoms. The van der Waals surface area contributed by atoms with Crippen molar-refractivity contribution in [1.82, 2.24) is 15.6 Å². The first-order valence-corrected chi connectivity index (χ1v) is 13.7. The number of aromatic nitrogens is 1. The zero-order chi connectivity index (χ0) is 39.6. The number of nitriles is 1. The molecule has 1 aliphatic heterocycles. The Morgan fingerprint density at radius 1 is 1.07 bits per heavy atom. The van der Waals surface area contributed by atoms with E-state index in [0.29, 0.717) is 21.1 Å². The lowest BCUT2D eigenvalue weighted by Crippen LogP contribution is -2.44. The van der Waals surface area contributed by atoms with Gasteiger partial charge in [0.25, 0.3) is 23.5 Å². The quantitative estimate of drug-likeness (QED) is 0.243. The topological polar surface area (TPSA) is 135 Å². The predicted molar refractivity (Wildman–Crippen MR) is 175 cm³/mol. The second-order valence-corrected chi connectivity index (χ2v) is 10.7. The maximum absolute atomic E-state index is 14.8. The number of nitrogens with zero attached hydrogens (tertiary/aromatic N) is 5. The highest BCUT2D eigenvalue weighted by Crippen LogP contribution is 2.37. The average molecular weight is 653 g/mol. The van der Waals surface area contributed by atoms with E-state index >= 15 is 0 Å². The maximum atomic E-state index is 14.8. The molecule has 1 fully saturated rings. The number of amides is 3. The molecule has 0 radical (unpaired) electrons. The fourth-order valence-corrected chi connectivity index (χ4v) is 4.60. The van der Waals surface area contributed by atoms with Gasteiger partial charge in [-0.25, -0.2) is 8.78 Å². The number of benzene rings is 2. The molecule has 1 saturated heterocycles. The molecule has 14 heteroatoms. The summed E-state index contributed by atoms with van der Waals surface area (Å²) in [6.07, 6.45) is 1.09. The number of carbonyl (C=O) groups is 3. The van der Waals surface area contributed by atoms with E-state index in [1.54, 1.807) is 19.9 Å². The van der Waals surface area contributed by atoms with Crippen molar-refractivity contribution in [2.75, 3.05) is 29.2 Å². The van der Waals surface area contributed by atoms with Gasteiger partial charge in [-0.15, -0.1) is 4.98 Å². The van der Waals surface area contributed by atoms with E-state index in [-0.39, 0.29) is 28.3 Å². The number of carbonyl (C=O) groups excluding carboxylic acids is 3. The summed E-state index contributed by atoms with van der Waals surface area (Å²) in [5.41, 5.74) is -4.04. The molecule has 11 nitrogen and oxygen atoms in total. The van der Waals surface area contributed by atoms with Crippen molar-refractivity contribution in [2.24, 2.45) is 0 Å². The van der Waals surface area contributed by atoms with Gasteiger partial charge in [-0.1, -0.05) is 6.57 Å². The average Bonchev–Trinajstić information content (AvgIpc) is 3.31. The third kappa shape index (κ3) is 7.08. The van der Waals surface area contributed by atoms with E-state index in [4.69, 9.17) is 32.3 Å². The van der Waals surface area contributed by atoms with Gasteiger partial charge in [-0.05, 0) is 94.7 Å². The number of hydrogen-bond donors (Lipinski definition) is 3. The summed E-state index contributed by atoms with van der Waals surface area (Å²) in [6, 6.07) is 10.4. The Kier molecular flexibility index (Phi) is 7.99. The van der Waals surface area contributed by atoms with Gasteiger partial charge in [0.15, 0.2) is 5.11 Å².